The van der Waals surface area contributed by atoms with Gasteiger partial charge in [-0.2, -0.15) is 0 Å². The first-order valence-corrected chi connectivity index (χ1v) is 9.29. The molecule has 1 atom stereocenters. The number of rotatable bonds is 5. The maximum absolute atomic E-state index is 12.1. The summed E-state index contributed by atoms with van der Waals surface area (Å²) in [6, 6.07) is 6.66. The lowest BCUT2D eigenvalue weighted by atomic mass is 9.96. The Morgan fingerprint density at radius 3 is 2.19 bits per heavy atom. The summed E-state index contributed by atoms with van der Waals surface area (Å²) >= 11 is 0. The Balaban J connectivity index is 1.81. The van der Waals surface area contributed by atoms with Crippen LogP contribution < -0.4 is 10.6 Å². The molecule has 2 N–H and O–H groups in total. The Hall–Kier alpha value is -2.37. The number of ether oxygens (including phenoxy) is 1. The number of esters is 1. The summed E-state index contributed by atoms with van der Waals surface area (Å²) in [6.07, 6.45) is 4.16. The minimum Gasteiger partial charge on any atom is -0.449 e. The Kier molecular flexibility index (Phi) is 7.18. The number of carbonyl (C=O) groups is 3. The van der Waals surface area contributed by atoms with Gasteiger partial charge in [0, 0.05) is 6.04 Å². The Morgan fingerprint density at radius 1 is 1.00 bits per heavy atom. The van der Waals surface area contributed by atoms with Gasteiger partial charge in [-0.1, -0.05) is 45.2 Å². The van der Waals surface area contributed by atoms with E-state index in [1.807, 2.05) is 12.1 Å². The fourth-order valence-electron chi connectivity index (χ4n) is 2.97. The average molecular weight is 360 g/mol. The molecule has 1 aliphatic carbocycles. The summed E-state index contributed by atoms with van der Waals surface area (Å²) in [5, 5.41) is 5.04. The minimum absolute atomic E-state index is 0.105. The number of nitrogens with one attached hydrogen (secondary N) is 2. The average Bonchev–Trinajstić information content (AvgIpc) is 2.62. The Morgan fingerprint density at radius 2 is 1.62 bits per heavy atom. The molecule has 1 fully saturated rings. The number of benzene rings is 1. The first kappa shape index (κ1) is 19.9. The zero-order chi connectivity index (χ0) is 19.1. The highest BCUT2D eigenvalue weighted by Crippen LogP contribution is 2.17. The van der Waals surface area contributed by atoms with Crippen LogP contribution in [0.4, 0.5) is 4.79 Å². The van der Waals surface area contributed by atoms with Crippen molar-refractivity contribution in [3.8, 4) is 0 Å². The van der Waals surface area contributed by atoms with Crippen molar-refractivity contribution in [3.63, 3.8) is 0 Å². The van der Waals surface area contributed by atoms with Gasteiger partial charge in [-0.15, -0.1) is 0 Å². The lowest BCUT2D eigenvalue weighted by molar-refractivity contribution is -0.127. The highest BCUT2D eigenvalue weighted by Gasteiger charge is 2.22. The molecule has 0 aliphatic heterocycles. The van der Waals surface area contributed by atoms with Gasteiger partial charge in [0.2, 0.25) is 0 Å². The number of amides is 3. The lowest BCUT2D eigenvalue weighted by Crippen LogP contribution is -2.48. The molecular formula is C20H28N2O4. The van der Waals surface area contributed by atoms with Gasteiger partial charge >= 0.3 is 12.0 Å². The second-order valence-corrected chi connectivity index (χ2v) is 7.12. The van der Waals surface area contributed by atoms with Gasteiger partial charge < -0.3 is 10.1 Å². The zero-order valence-corrected chi connectivity index (χ0v) is 15.7. The quantitative estimate of drug-likeness (QED) is 0.787. The zero-order valence-electron chi connectivity index (χ0n) is 15.7. The van der Waals surface area contributed by atoms with Crippen molar-refractivity contribution in [1.29, 1.82) is 0 Å². The monoisotopic (exact) mass is 360 g/mol. The topological polar surface area (TPSA) is 84.5 Å². The molecule has 1 aromatic rings. The summed E-state index contributed by atoms with van der Waals surface area (Å²) in [4.78, 5) is 36.1. The van der Waals surface area contributed by atoms with Crippen LogP contribution in [-0.4, -0.2) is 30.1 Å². The largest absolute Gasteiger partial charge is 0.449 e. The second kappa shape index (κ2) is 9.36. The maximum Gasteiger partial charge on any atom is 0.338 e. The summed E-state index contributed by atoms with van der Waals surface area (Å²) in [6.45, 7) is 5.58. The van der Waals surface area contributed by atoms with Crippen molar-refractivity contribution in [2.45, 2.75) is 70.9 Å². The molecule has 1 saturated carbocycles. The fraction of sp³-hybridized carbons (Fsp3) is 0.550. The van der Waals surface area contributed by atoms with Gasteiger partial charge in [-0.3, -0.25) is 10.1 Å². The van der Waals surface area contributed by atoms with E-state index in [1.165, 1.54) is 13.3 Å². The van der Waals surface area contributed by atoms with Crippen molar-refractivity contribution in [2.75, 3.05) is 0 Å². The van der Waals surface area contributed by atoms with E-state index in [9.17, 15) is 14.4 Å². The van der Waals surface area contributed by atoms with Gasteiger partial charge in [0.1, 0.15) is 0 Å². The minimum atomic E-state index is -1.05. The van der Waals surface area contributed by atoms with Crippen LogP contribution in [0, 0.1) is 0 Å². The number of urea groups is 1. The van der Waals surface area contributed by atoms with Crippen molar-refractivity contribution in [1.82, 2.24) is 10.6 Å². The van der Waals surface area contributed by atoms with Crippen LogP contribution in [0.25, 0.3) is 0 Å². The summed E-state index contributed by atoms with van der Waals surface area (Å²) in [5.41, 5.74) is 1.49. The lowest BCUT2D eigenvalue weighted by Gasteiger charge is -2.23. The molecule has 6 heteroatoms. The van der Waals surface area contributed by atoms with Crippen LogP contribution in [0.2, 0.25) is 0 Å². The molecule has 0 bridgehead atoms. The third-order valence-electron chi connectivity index (χ3n) is 4.64. The van der Waals surface area contributed by atoms with E-state index in [-0.39, 0.29) is 6.04 Å². The molecule has 1 aromatic carbocycles. The number of hydrogen-bond donors (Lipinski definition) is 2. The van der Waals surface area contributed by atoms with Crippen molar-refractivity contribution in [3.05, 3.63) is 35.4 Å². The fourth-order valence-corrected chi connectivity index (χ4v) is 2.97. The predicted octanol–water partition coefficient (Wildman–Crippen LogP) is 3.51. The molecule has 2 rings (SSSR count). The molecule has 0 aromatic heterocycles. The molecule has 0 heterocycles. The number of hydrogen-bond acceptors (Lipinski definition) is 4. The van der Waals surface area contributed by atoms with Crippen LogP contribution in [0.3, 0.4) is 0 Å². The van der Waals surface area contributed by atoms with Crippen LogP contribution in [0.15, 0.2) is 24.3 Å². The Labute approximate surface area is 154 Å². The molecule has 6 nitrogen and oxygen atoms in total. The van der Waals surface area contributed by atoms with Gasteiger partial charge in [0.25, 0.3) is 5.91 Å². The van der Waals surface area contributed by atoms with Crippen molar-refractivity contribution < 1.29 is 19.1 Å². The predicted molar refractivity (Wildman–Crippen MR) is 99.0 cm³/mol. The molecule has 3 amide bonds. The van der Waals surface area contributed by atoms with E-state index >= 15 is 0 Å². The first-order chi connectivity index (χ1) is 12.4. The number of imide groups is 1. The Bertz CT molecular complexity index is 634. The molecule has 0 spiro atoms. The van der Waals surface area contributed by atoms with Gasteiger partial charge in [0.15, 0.2) is 6.10 Å². The van der Waals surface area contributed by atoms with Gasteiger partial charge in [-0.05, 0) is 43.4 Å². The van der Waals surface area contributed by atoms with E-state index in [2.05, 4.69) is 24.5 Å². The van der Waals surface area contributed by atoms with Crippen LogP contribution in [-0.2, 0) is 9.53 Å². The second-order valence-electron chi connectivity index (χ2n) is 7.12. The third kappa shape index (κ3) is 5.86. The molecule has 26 heavy (non-hydrogen) atoms. The highest BCUT2D eigenvalue weighted by molar-refractivity contribution is 5.98. The number of carbonyl (C=O) groups excluding carboxylic acids is 3. The molecule has 1 aliphatic rings. The van der Waals surface area contributed by atoms with E-state index in [1.54, 1.807) is 12.1 Å². The molecule has 0 saturated heterocycles. The molecule has 0 radical (unpaired) electrons. The summed E-state index contributed by atoms with van der Waals surface area (Å²) in [5.74, 6) is -0.853. The van der Waals surface area contributed by atoms with Crippen LogP contribution >= 0.6 is 0 Å². The summed E-state index contributed by atoms with van der Waals surface area (Å²) < 4.78 is 5.16. The summed E-state index contributed by atoms with van der Waals surface area (Å²) in [7, 11) is 0. The smallest absolute Gasteiger partial charge is 0.338 e. The van der Waals surface area contributed by atoms with E-state index in [4.69, 9.17) is 4.74 Å². The van der Waals surface area contributed by atoms with E-state index in [0.29, 0.717) is 11.5 Å². The van der Waals surface area contributed by atoms with Gasteiger partial charge in [-0.25, -0.2) is 9.59 Å². The first-order valence-electron chi connectivity index (χ1n) is 9.29. The SMILES string of the molecule is CC(C)c1ccc(C(=O)O[C@@H](C)C(=O)NC(=O)NC2CCCCC2)cc1. The maximum atomic E-state index is 12.1. The molecular weight excluding hydrogens is 332 g/mol. The molecule has 0 unspecified atom stereocenters. The highest BCUT2D eigenvalue weighted by atomic mass is 16.5. The molecule has 142 valence electrons. The van der Waals surface area contributed by atoms with Crippen molar-refractivity contribution in [2.24, 2.45) is 0 Å². The normalized spacial score (nSPS) is 16.0. The van der Waals surface area contributed by atoms with Gasteiger partial charge in [0.05, 0.1) is 5.56 Å². The van der Waals surface area contributed by atoms with E-state index in [0.717, 1.165) is 31.2 Å². The van der Waals surface area contributed by atoms with Crippen LogP contribution in [0.5, 0.6) is 0 Å². The van der Waals surface area contributed by atoms with Crippen molar-refractivity contribution >= 4 is 17.9 Å². The third-order valence-corrected chi connectivity index (χ3v) is 4.64. The standard InChI is InChI=1S/C20H28N2O4/c1-13(2)15-9-11-16(12-10-15)19(24)26-14(3)18(23)22-20(25)21-17-7-5-4-6-8-17/h9-14,17H,4-8H2,1-3H3,(H2,21,22,23,25)/t14-/m0/s1. The van der Waals surface area contributed by atoms with E-state index < -0.39 is 24.0 Å². The van der Waals surface area contributed by atoms with Crippen LogP contribution in [0.1, 0.15) is 74.7 Å².